The molecule has 3 N–H and O–H groups in total. The first-order valence-corrected chi connectivity index (χ1v) is 14.3. The van der Waals surface area contributed by atoms with Crippen LogP contribution in [-0.4, -0.2) is 40.2 Å². The van der Waals surface area contributed by atoms with Crippen molar-refractivity contribution in [3.63, 3.8) is 0 Å². The third-order valence-electron chi connectivity index (χ3n) is 6.08. The summed E-state index contributed by atoms with van der Waals surface area (Å²) < 4.78 is 39.4. The number of aromatic nitrogens is 2. The number of ether oxygens (including phenoxy) is 2. The second-order valence-electron chi connectivity index (χ2n) is 10.6. The molecule has 0 saturated carbocycles. The van der Waals surface area contributed by atoms with Crippen molar-refractivity contribution in [3.05, 3.63) is 68.8 Å². The zero-order chi connectivity index (χ0) is 30.6. The van der Waals surface area contributed by atoms with Crippen molar-refractivity contribution < 1.29 is 27.8 Å². The molecule has 0 spiro atoms. The number of rotatable bonds is 9. The van der Waals surface area contributed by atoms with Crippen LogP contribution in [0.3, 0.4) is 0 Å². The maximum absolute atomic E-state index is 13.2. The number of carbonyl (C=O) groups is 2. The van der Waals surface area contributed by atoms with Gasteiger partial charge < -0.3 is 30.0 Å². The Kier molecular flexibility index (Phi) is 9.78. The van der Waals surface area contributed by atoms with Gasteiger partial charge in [0.2, 0.25) is 5.95 Å². The normalized spacial score (nSPS) is 13.5. The summed E-state index contributed by atoms with van der Waals surface area (Å²) in [4.78, 5) is 29.9. The molecule has 2 amide bonds. The smallest absolute Gasteiger partial charge is 0.407 e. The number of fused-ring (bicyclic) bond motifs is 1. The maximum atomic E-state index is 13.2. The minimum absolute atomic E-state index is 0.0104. The zero-order valence-corrected chi connectivity index (χ0v) is 25.8. The lowest BCUT2D eigenvalue weighted by Crippen LogP contribution is -2.32. The van der Waals surface area contributed by atoms with Gasteiger partial charge in [0.15, 0.2) is 0 Å². The Morgan fingerprint density at radius 3 is 2.60 bits per heavy atom. The third kappa shape index (κ3) is 8.22. The Labute approximate surface area is 255 Å². The summed E-state index contributed by atoms with van der Waals surface area (Å²) in [7, 11) is 1.73. The molecule has 0 bridgehead atoms. The van der Waals surface area contributed by atoms with E-state index in [1.54, 1.807) is 56.7 Å². The van der Waals surface area contributed by atoms with Crippen molar-refractivity contribution in [3.8, 4) is 5.75 Å². The summed E-state index contributed by atoms with van der Waals surface area (Å²) in [6.07, 6.45) is 1.71. The highest BCUT2D eigenvalue weighted by atomic mass is 79.9. The van der Waals surface area contributed by atoms with E-state index in [0.29, 0.717) is 39.8 Å². The highest BCUT2D eigenvalue weighted by molar-refractivity contribution is 9.11. The zero-order valence-electron chi connectivity index (χ0n) is 23.5. The first kappa shape index (κ1) is 31.3. The highest BCUT2D eigenvalue weighted by Crippen LogP contribution is 2.32. The van der Waals surface area contributed by atoms with E-state index in [0.717, 1.165) is 16.5 Å². The number of nitrogens with zero attached hydrogens (tertiary/aromatic N) is 2. The molecule has 224 valence electrons. The van der Waals surface area contributed by atoms with Crippen LogP contribution in [0.5, 0.6) is 5.75 Å². The first-order valence-electron chi connectivity index (χ1n) is 13.1. The van der Waals surface area contributed by atoms with Gasteiger partial charge in [-0.3, -0.25) is 4.79 Å². The molecule has 9 nitrogen and oxygen atoms in total. The van der Waals surface area contributed by atoms with Crippen LogP contribution in [0.2, 0.25) is 5.02 Å². The van der Waals surface area contributed by atoms with Crippen LogP contribution >= 0.6 is 27.5 Å². The molecule has 0 fully saturated rings. The highest BCUT2D eigenvalue weighted by Gasteiger charge is 2.21. The number of allylic oxidation sites excluding steroid dienone is 4. The van der Waals surface area contributed by atoms with E-state index < -0.39 is 30.6 Å². The second-order valence-corrected chi connectivity index (χ2v) is 12.0. The molecule has 0 radical (unpaired) electrons. The van der Waals surface area contributed by atoms with Crippen LogP contribution in [0.1, 0.15) is 49.5 Å². The predicted octanol–water partition coefficient (Wildman–Crippen LogP) is 7.33. The van der Waals surface area contributed by atoms with Gasteiger partial charge in [-0.1, -0.05) is 39.7 Å². The Bertz CT molecular complexity index is 1570. The molecular weight excluding hydrogens is 636 g/mol. The first-order chi connectivity index (χ1) is 19.8. The van der Waals surface area contributed by atoms with Crippen LogP contribution in [0.15, 0.2) is 52.7 Å². The number of imidazole rings is 1. The van der Waals surface area contributed by atoms with Gasteiger partial charge in [0.25, 0.3) is 12.3 Å². The van der Waals surface area contributed by atoms with Gasteiger partial charge in [0.1, 0.15) is 18.0 Å². The van der Waals surface area contributed by atoms with Crippen LogP contribution in [0.25, 0.3) is 11.0 Å². The molecule has 0 unspecified atom stereocenters. The molecule has 2 aromatic carbocycles. The number of halogens is 4. The molecule has 0 saturated heterocycles. The van der Waals surface area contributed by atoms with Gasteiger partial charge in [-0.15, -0.1) is 0 Å². The van der Waals surface area contributed by atoms with Gasteiger partial charge in [0, 0.05) is 25.4 Å². The average molecular weight is 667 g/mol. The standard InChI is InChI=1S/C29H31BrClF2N5O4/c1-29(2,3)42-28(40)34-14-16-5-10-20(31)21(11-16)36-27-37-22-12-19(26(39)35-18-8-6-17(30)7-9-18)24(41-15-25(32)33)13-23(22)38(27)4/h5-6,8,10-13,25H,7,9,14-15H2,1-4H3,(H,34,40)(H,35,39)(H,36,37). The Morgan fingerprint density at radius 1 is 1.17 bits per heavy atom. The minimum Gasteiger partial charge on any atom is -0.487 e. The monoisotopic (exact) mass is 665 g/mol. The topological polar surface area (TPSA) is 107 Å². The second kappa shape index (κ2) is 13.1. The van der Waals surface area contributed by atoms with Gasteiger partial charge in [-0.05, 0) is 67.9 Å². The number of nitrogens with one attached hydrogen (secondary N) is 3. The fraction of sp³-hybridized carbons (Fsp3) is 0.345. The number of aryl methyl sites for hydroxylation is 1. The SMILES string of the molecule is Cn1c(Nc2cc(CNC(=O)OC(C)(C)C)ccc2Cl)nc2cc(C(=O)NC3=CC=C(Br)CC3)c(OCC(F)F)cc21. The molecule has 3 aromatic rings. The molecule has 1 aromatic heterocycles. The number of alkyl carbamates (subject to hydrolysis) is 1. The molecule has 1 heterocycles. The summed E-state index contributed by atoms with van der Waals surface area (Å²) in [6, 6.07) is 8.24. The van der Waals surface area contributed by atoms with Crippen LogP contribution in [0, 0.1) is 0 Å². The number of amides is 2. The molecule has 13 heteroatoms. The number of carbonyl (C=O) groups excluding carboxylic acids is 2. The lowest BCUT2D eigenvalue weighted by molar-refractivity contribution is 0.0523. The van der Waals surface area contributed by atoms with Crippen molar-refractivity contribution >= 4 is 62.2 Å². The van der Waals surface area contributed by atoms with E-state index in [9.17, 15) is 18.4 Å². The molecule has 0 atom stereocenters. The van der Waals surface area contributed by atoms with E-state index in [-0.39, 0.29) is 17.9 Å². The predicted molar refractivity (Wildman–Crippen MR) is 162 cm³/mol. The van der Waals surface area contributed by atoms with Crippen molar-refractivity contribution in [1.29, 1.82) is 0 Å². The summed E-state index contributed by atoms with van der Waals surface area (Å²) >= 11 is 9.87. The Morgan fingerprint density at radius 2 is 1.93 bits per heavy atom. The Hall–Kier alpha value is -3.64. The average Bonchev–Trinajstić information content (AvgIpc) is 3.21. The van der Waals surface area contributed by atoms with Crippen molar-refractivity contribution in [1.82, 2.24) is 20.2 Å². The fourth-order valence-corrected chi connectivity index (χ4v) is 4.59. The van der Waals surface area contributed by atoms with E-state index in [4.69, 9.17) is 21.1 Å². The molecule has 1 aliphatic carbocycles. The number of alkyl halides is 2. The number of hydrogen-bond donors (Lipinski definition) is 3. The lowest BCUT2D eigenvalue weighted by Gasteiger charge is -2.19. The molecular formula is C29H31BrClF2N5O4. The van der Waals surface area contributed by atoms with E-state index in [2.05, 4.69) is 36.9 Å². The van der Waals surface area contributed by atoms with Gasteiger partial charge >= 0.3 is 6.09 Å². The molecule has 42 heavy (non-hydrogen) atoms. The van der Waals surface area contributed by atoms with E-state index >= 15 is 0 Å². The Balaban J connectivity index is 1.60. The van der Waals surface area contributed by atoms with Crippen molar-refractivity contribution in [2.75, 3.05) is 11.9 Å². The van der Waals surface area contributed by atoms with Crippen molar-refractivity contribution in [2.24, 2.45) is 7.05 Å². The third-order valence-corrected chi connectivity index (χ3v) is 7.07. The summed E-state index contributed by atoms with van der Waals surface area (Å²) in [5.74, 6) is -0.102. The van der Waals surface area contributed by atoms with E-state index in [1.165, 1.54) is 12.1 Å². The van der Waals surface area contributed by atoms with Gasteiger partial charge in [-0.25, -0.2) is 18.6 Å². The molecule has 4 rings (SSSR count). The van der Waals surface area contributed by atoms with Crippen molar-refractivity contribution in [2.45, 2.75) is 52.2 Å². The van der Waals surface area contributed by atoms with Gasteiger partial charge in [0.05, 0.1) is 27.3 Å². The largest absolute Gasteiger partial charge is 0.487 e. The fourth-order valence-electron chi connectivity index (χ4n) is 4.10. The van der Waals surface area contributed by atoms with Crippen LogP contribution < -0.4 is 20.7 Å². The maximum Gasteiger partial charge on any atom is 0.407 e. The number of benzene rings is 2. The quantitative estimate of drug-likeness (QED) is 0.221. The van der Waals surface area contributed by atoms with Crippen LogP contribution in [0.4, 0.5) is 25.2 Å². The molecule has 1 aliphatic rings. The van der Waals surface area contributed by atoms with Crippen LogP contribution in [-0.2, 0) is 18.3 Å². The van der Waals surface area contributed by atoms with Gasteiger partial charge in [-0.2, -0.15) is 0 Å². The summed E-state index contributed by atoms with van der Waals surface area (Å²) in [6.45, 7) is 4.68. The summed E-state index contributed by atoms with van der Waals surface area (Å²) in [5, 5.41) is 9.13. The minimum atomic E-state index is -2.72. The van der Waals surface area contributed by atoms with E-state index in [1.807, 2.05) is 6.08 Å². The lowest BCUT2D eigenvalue weighted by atomic mass is 10.1. The number of hydrogen-bond acceptors (Lipinski definition) is 6. The molecule has 0 aliphatic heterocycles. The number of anilines is 2. The summed E-state index contributed by atoms with van der Waals surface area (Å²) in [5.41, 5.74) is 2.41.